The molecule has 0 fully saturated rings. The Morgan fingerprint density at radius 2 is 2.08 bits per heavy atom. The van der Waals surface area contributed by atoms with Crippen LogP contribution in [0.25, 0.3) is 0 Å². The monoisotopic (exact) mass is 347 g/mol. The van der Waals surface area contributed by atoms with E-state index in [0.29, 0.717) is 6.54 Å². The quantitative estimate of drug-likeness (QED) is 0.611. The van der Waals surface area contributed by atoms with Crippen molar-refractivity contribution in [3.63, 3.8) is 0 Å². The molecule has 7 heteroatoms. The summed E-state index contributed by atoms with van der Waals surface area (Å²) in [4.78, 5) is 26.3. The average molecular weight is 347 g/mol. The zero-order valence-electron chi connectivity index (χ0n) is 14.0. The maximum atomic E-state index is 12.4. The third-order valence-corrected chi connectivity index (χ3v) is 4.81. The molecule has 0 aliphatic carbocycles. The number of hydrogen-bond donors (Lipinski definition) is 1. The smallest absolute Gasteiger partial charge is 0.293 e. The second-order valence-electron chi connectivity index (χ2n) is 5.59. The van der Waals surface area contributed by atoms with Crippen molar-refractivity contribution >= 4 is 28.6 Å². The highest BCUT2D eigenvalue weighted by molar-refractivity contribution is 7.09. The van der Waals surface area contributed by atoms with E-state index < -0.39 is 4.92 Å². The van der Waals surface area contributed by atoms with E-state index in [1.807, 2.05) is 36.3 Å². The van der Waals surface area contributed by atoms with Crippen LogP contribution in [0, 0.1) is 24.0 Å². The molecule has 0 saturated heterocycles. The predicted molar refractivity (Wildman–Crippen MR) is 96.5 cm³/mol. The standard InChI is InChI=1S/C17H21N3O3S/c1-4-19(10-14-6-5-9-24-14)11-16(21)18-17-13(3)12(2)7-8-15(17)20(22)23/h5-9H,4,10-11H2,1-3H3,(H,18,21). The van der Waals surface area contributed by atoms with Gasteiger partial charge in [-0.1, -0.05) is 19.1 Å². The molecule has 0 saturated carbocycles. The summed E-state index contributed by atoms with van der Waals surface area (Å²) in [5.74, 6) is -0.245. The summed E-state index contributed by atoms with van der Waals surface area (Å²) < 4.78 is 0. The Morgan fingerprint density at radius 3 is 2.67 bits per heavy atom. The summed E-state index contributed by atoms with van der Waals surface area (Å²) in [6, 6.07) is 7.13. The van der Waals surface area contributed by atoms with Crippen molar-refractivity contribution in [2.75, 3.05) is 18.4 Å². The van der Waals surface area contributed by atoms with Gasteiger partial charge in [0.05, 0.1) is 11.5 Å². The number of nitro groups is 1. The Labute approximate surface area is 145 Å². The van der Waals surface area contributed by atoms with Crippen LogP contribution in [0.3, 0.4) is 0 Å². The highest BCUT2D eigenvalue weighted by Crippen LogP contribution is 2.30. The maximum Gasteiger partial charge on any atom is 0.293 e. The van der Waals surface area contributed by atoms with Gasteiger partial charge >= 0.3 is 0 Å². The zero-order chi connectivity index (χ0) is 17.7. The Kier molecular flexibility index (Phi) is 6.05. The lowest BCUT2D eigenvalue weighted by Gasteiger charge is -2.19. The van der Waals surface area contributed by atoms with Gasteiger partial charge in [0.25, 0.3) is 5.69 Å². The first-order valence-corrected chi connectivity index (χ1v) is 8.59. The molecule has 24 heavy (non-hydrogen) atoms. The van der Waals surface area contributed by atoms with Crippen LogP contribution < -0.4 is 5.32 Å². The van der Waals surface area contributed by atoms with Crippen LogP contribution in [0.5, 0.6) is 0 Å². The van der Waals surface area contributed by atoms with Gasteiger partial charge in [0.2, 0.25) is 5.91 Å². The predicted octanol–water partition coefficient (Wildman–Crippen LogP) is 3.73. The molecule has 1 aromatic heterocycles. The summed E-state index contributed by atoms with van der Waals surface area (Å²) in [5, 5.41) is 15.9. The lowest BCUT2D eigenvalue weighted by Crippen LogP contribution is -2.32. The van der Waals surface area contributed by atoms with E-state index in [1.165, 1.54) is 10.9 Å². The van der Waals surface area contributed by atoms with E-state index in [1.54, 1.807) is 24.3 Å². The first kappa shape index (κ1) is 18.1. The summed E-state index contributed by atoms with van der Waals surface area (Å²) in [5.41, 5.74) is 1.84. The number of nitro benzene ring substituents is 1. The van der Waals surface area contributed by atoms with E-state index in [0.717, 1.165) is 17.7 Å². The zero-order valence-corrected chi connectivity index (χ0v) is 14.9. The molecule has 1 heterocycles. The van der Waals surface area contributed by atoms with Crippen molar-refractivity contribution in [3.05, 3.63) is 55.8 Å². The molecule has 0 unspecified atom stereocenters. The van der Waals surface area contributed by atoms with Crippen molar-refractivity contribution in [2.24, 2.45) is 0 Å². The van der Waals surface area contributed by atoms with Crippen molar-refractivity contribution < 1.29 is 9.72 Å². The fourth-order valence-corrected chi connectivity index (χ4v) is 3.14. The van der Waals surface area contributed by atoms with Gasteiger partial charge in [0.1, 0.15) is 5.69 Å². The minimum atomic E-state index is -0.467. The molecule has 0 aliphatic rings. The molecule has 2 aromatic rings. The van der Waals surface area contributed by atoms with Crippen LogP contribution in [-0.2, 0) is 11.3 Å². The number of carbonyl (C=O) groups excluding carboxylic acids is 1. The number of rotatable bonds is 7. The SMILES string of the molecule is CCN(CC(=O)Nc1c([N+](=O)[O-])ccc(C)c1C)Cc1cccs1. The largest absolute Gasteiger partial charge is 0.319 e. The van der Waals surface area contributed by atoms with Crippen LogP contribution >= 0.6 is 11.3 Å². The molecule has 0 atom stereocenters. The molecule has 0 radical (unpaired) electrons. The summed E-state index contributed by atoms with van der Waals surface area (Å²) in [6.45, 7) is 7.24. The van der Waals surface area contributed by atoms with Gasteiger partial charge in [-0.05, 0) is 43.0 Å². The van der Waals surface area contributed by atoms with Crippen LogP contribution in [0.2, 0.25) is 0 Å². The summed E-state index contributed by atoms with van der Waals surface area (Å²) >= 11 is 1.65. The number of nitrogens with one attached hydrogen (secondary N) is 1. The number of carbonyl (C=O) groups is 1. The number of benzene rings is 1. The van der Waals surface area contributed by atoms with Crippen molar-refractivity contribution in [3.8, 4) is 0 Å². The maximum absolute atomic E-state index is 12.4. The molecule has 1 aromatic carbocycles. The number of thiophene rings is 1. The fourth-order valence-electron chi connectivity index (χ4n) is 2.40. The van der Waals surface area contributed by atoms with Gasteiger partial charge in [-0.2, -0.15) is 0 Å². The first-order chi connectivity index (χ1) is 11.4. The van der Waals surface area contributed by atoms with Gasteiger partial charge in [-0.25, -0.2) is 0 Å². The van der Waals surface area contributed by atoms with Crippen LogP contribution in [0.1, 0.15) is 22.9 Å². The van der Waals surface area contributed by atoms with Crippen LogP contribution in [0.15, 0.2) is 29.6 Å². The first-order valence-electron chi connectivity index (χ1n) is 7.71. The fraction of sp³-hybridized carbons (Fsp3) is 0.353. The van der Waals surface area contributed by atoms with Crippen molar-refractivity contribution in [2.45, 2.75) is 27.3 Å². The molecule has 1 N–H and O–H groups in total. The normalized spacial score (nSPS) is 10.8. The second-order valence-corrected chi connectivity index (χ2v) is 6.62. The number of likely N-dealkylation sites (N-methyl/N-ethyl adjacent to an activating group) is 1. The second kappa shape index (κ2) is 8.03. The molecule has 1 amide bonds. The summed E-state index contributed by atoms with van der Waals surface area (Å²) in [7, 11) is 0. The highest BCUT2D eigenvalue weighted by Gasteiger charge is 2.20. The van der Waals surface area contributed by atoms with E-state index >= 15 is 0 Å². The number of nitrogens with zero attached hydrogens (tertiary/aromatic N) is 2. The van der Waals surface area contributed by atoms with Gasteiger partial charge in [-0.15, -0.1) is 11.3 Å². The average Bonchev–Trinajstić information content (AvgIpc) is 3.04. The Hall–Kier alpha value is -2.25. The molecule has 128 valence electrons. The van der Waals surface area contributed by atoms with E-state index in [2.05, 4.69) is 5.32 Å². The Morgan fingerprint density at radius 1 is 1.33 bits per heavy atom. The molecular weight excluding hydrogens is 326 g/mol. The van der Waals surface area contributed by atoms with Gasteiger partial charge in [0.15, 0.2) is 0 Å². The van der Waals surface area contributed by atoms with E-state index in [4.69, 9.17) is 0 Å². The molecule has 2 rings (SSSR count). The minimum Gasteiger partial charge on any atom is -0.319 e. The van der Waals surface area contributed by atoms with E-state index in [9.17, 15) is 14.9 Å². The van der Waals surface area contributed by atoms with Crippen LogP contribution in [-0.4, -0.2) is 28.8 Å². The van der Waals surface area contributed by atoms with Gasteiger partial charge < -0.3 is 5.32 Å². The summed E-state index contributed by atoms with van der Waals surface area (Å²) in [6.07, 6.45) is 0. The number of aryl methyl sites for hydroxylation is 1. The van der Waals surface area contributed by atoms with Crippen molar-refractivity contribution in [1.29, 1.82) is 0 Å². The molecular formula is C17H21N3O3S. The third-order valence-electron chi connectivity index (χ3n) is 3.95. The minimum absolute atomic E-state index is 0.0762. The number of hydrogen-bond acceptors (Lipinski definition) is 5. The van der Waals surface area contributed by atoms with E-state index in [-0.39, 0.29) is 23.8 Å². The van der Waals surface area contributed by atoms with Crippen molar-refractivity contribution in [1.82, 2.24) is 4.90 Å². The molecule has 0 spiro atoms. The van der Waals surface area contributed by atoms with Gasteiger partial charge in [0, 0.05) is 17.5 Å². The highest BCUT2D eigenvalue weighted by atomic mass is 32.1. The lowest BCUT2D eigenvalue weighted by molar-refractivity contribution is -0.384. The van der Waals surface area contributed by atoms with Gasteiger partial charge in [-0.3, -0.25) is 19.8 Å². The molecule has 0 bridgehead atoms. The molecule has 0 aliphatic heterocycles. The molecule has 6 nitrogen and oxygen atoms in total. The Balaban J connectivity index is 2.11. The number of amides is 1. The lowest BCUT2D eigenvalue weighted by atomic mass is 10.1. The third kappa shape index (κ3) is 4.39. The van der Waals surface area contributed by atoms with Crippen LogP contribution in [0.4, 0.5) is 11.4 Å². The Bertz CT molecular complexity index is 729. The topological polar surface area (TPSA) is 75.5 Å². The number of anilines is 1.